The van der Waals surface area contributed by atoms with Gasteiger partial charge in [0, 0.05) is 96.7 Å². The van der Waals surface area contributed by atoms with Crippen LogP contribution in [-0.4, -0.2) is 87.1 Å². The highest BCUT2D eigenvalue weighted by atomic mass is 32.1. The molecule has 2 amide bonds. The predicted molar refractivity (Wildman–Crippen MR) is 229 cm³/mol. The number of fused-ring (bicyclic) bond motifs is 2. The Morgan fingerprint density at radius 2 is 1.32 bits per heavy atom. The standard InChI is InChI=1S/C21H25N3O4S.C19H22FN5O3.C2H6.2H2/c1-4-28-17-9-18-22-15(14-5-7-27-8-6-14)10-24(18)11-16(17)23-21(25)20-19(26-3)13(2)12-29-20;1-3-28-16-9-18-21-14(12-4-6-27-7-5-12)10-25(18)11-15(16)22-19(26)13-8-17(20)24(2)23-13;1-2;;/h9-12,14H,4-8H2,1-3H3,(H,23,25);8-12H,3-7H2,1-2H3,(H,22,26);1-2H3;2*1H. The van der Waals surface area contributed by atoms with Gasteiger partial charge in [0.15, 0.2) is 5.69 Å². The lowest BCUT2D eigenvalue weighted by Gasteiger charge is -2.19. The van der Waals surface area contributed by atoms with Crippen molar-refractivity contribution in [1.82, 2.24) is 28.5 Å². The smallest absolute Gasteiger partial charge is 0.276 e. The summed E-state index contributed by atoms with van der Waals surface area (Å²) < 4.78 is 46.1. The average molecular weight is 837 g/mol. The molecule has 0 spiro atoms. The van der Waals surface area contributed by atoms with Gasteiger partial charge in [0.2, 0.25) is 5.95 Å². The van der Waals surface area contributed by atoms with Crippen molar-refractivity contribution in [2.75, 3.05) is 57.4 Å². The van der Waals surface area contributed by atoms with Gasteiger partial charge in [-0.1, -0.05) is 13.8 Å². The monoisotopic (exact) mass is 836 g/mol. The number of methoxy groups -OCH3 is 1. The Hall–Kier alpha value is -5.52. The average Bonchev–Trinajstić information content (AvgIpc) is 4.04. The normalized spacial score (nSPS) is 14.6. The molecule has 2 N–H and O–H groups in total. The number of imidazole rings is 2. The Labute approximate surface area is 349 Å². The van der Waals surface area contributed by atoms with Crippen LogP contribution in [0.25, 0.3) is 11.3 Å². The largest absolute Gasteiger partial charge is 0.495 e. The van der Waals surface area contributed by atoms with E-state index in [0.29, 0.717) is 58.6 Å². The minimum absolute atomic E-state index is 0. The van der Waals surface area contributed by atoms with Crippen LogP contribution in [0.4, 0.5) is 15.8 Å². The summed E-state index contributed by atoms with van der Waals surface area (Å²) in [6.45, 7) is 13.7. The van der Waals surface area contributed by atoms with Crippen LogP contribution in [0.3, 0.4) is 0 Å². The third-order valence-electron chi connectivity index (χ3n) is 9.91. The van der Waals surface area contributed by atoms with Crippen molar-refractivity contribution in [2.45, 2.75) is 72.1 Å². The first-order valence-corrected chi connectivity index (χ1v) is 20.9. The quantitative estimate of drug-likeness (QED) is 0.130. The number of nitrogens with one attached hydrogen (secondary N) is 2. The molecule has 2 saturated heterocycles. The summed E-state index contributed by atoms with van der Waals surface area (Å²) in [4.78, 5) is 35.4. The number of thiophene rings is 1. The molecule has 0 atom stereocenters. The first-order chi connectivity index (χ1) is 28.6. The maximum atomic E-state index is 13.5. The Morgan fingerprint density at radius 3 is 1.76 bits per heavy atom. The van der Waals surface area contributed by atoms with E-state index < -0.39 is 11.9 Å². The number of ether oxygens (including phenoxy) is 5. The molecule has 2 aliphatic heterocycles. The summed E-state index contributed by atoms with van der Waals surface area (Å²) in [5.74, 6) is 1.16. The molecule has 2 fully saturated rings. The fourth-order valence-electron chi connectivity index (χ4n) is 6.95. The summed E-state index contributed by atoms with van der Waals surface area (Å²) in [6.07, 6.45) is 11.5. The molecule has 17 heteroatoms. The van der Waals surface area contributed by atoms with Crippen LogP contribution in [-0.2, 0) is 16.5 Å². The zero-order chi connectivity index (χ0) is 42.1. The van der Waals surface area contributed by atoms with Crippen LogP contribution in [0.2, 0.25) is 0 Å². The summed E-state index contributed by atoms with van der Waals surface area (Å²) in [7, 11) is 3.01. The van der Waals surface area contributed by atoms with E-state index in [0.717, 1.165) is 91.1 Å². The molecule has 0 radical (unpaired) electrons. The number of rotatable bonds is 11. The molecule has 0 saturated carbocycles. The van der Waals surface area contributed by atoms with E-state index >= 15 is 0 Å². The van der Waals surface area contributed by atoms with E-state index in [2.05, 4.69) is 15.7 Å². The molecule has 6 aromatic heterocycles. The van der Waals surface area contributed by atoms with Gasteiger partial charge in [0.25, 0.3) is 11.8 Å². The van der Waals surface area contributed by atoms with Gasteiger partial charge in [-0.15, -0.1) is 11.3 Å². The summed E-state index contributed by atoms with van der Waals surface area (Å²) in [5.41, 5.74) is 5.62. The zero-order valence-corrected chi connectivity index (χ0v) is 35.5. The number of nitrogens with zero attached hydrogens (tertiary/aromatic N) is 6. The van der Waals surface area contributed by atoms with Crippen molar-refractivity contribution in [1.29, 1.82) is 0 Å². The molecular weight excluding hydrogens is 780 g/mol. The number of amides is 2. The highest BCUT2D eigenvalue weighted by Gasteiger charge is 2.23. The number of anilines is 2. The second-order valence-corrected chi connectivity index (χ2v) is 14.6. The number of aryl methyl sites for hydroxylation is 2. The lowest BCUT2D eigenvalue weighted by molar-refractivity contribution is 0.0845. The van der Waals surface area contributed by atoms with E-state index in [4.69, 9.17) is 33.7 Å². The van der Waals surface area contributed by atoms with Crippen LogP contribution in [0.1, 0.15) is 105 Å². The molecule has 6 aromatic rings. The third kappa shape index (κ3) is 10.0. The van der Waals surface area contributed by atoms with E-state index in [1.54, 1.807) is 19.4 Å². The number of carbonyl (C=O) groups is 2. The van der Waals surface area contributed by atoms with Gasteiger partial charge in [0.1, 0.15) is 44.8 Å². The maximum absolute atomic E-state index is 13.5. The fourth-order valence-corrected chi connectivity index (χ4v) is 7.86. The SMILES string of the molecule is CC.CCOc1cc2nc(C3CCOCC3)cn2cc1NC(=O)c1cc(F)n(C)n1.CCOc1cc2nc(C3CCOCC3)cn2cc1NC(=O)c1scc(C)c1OC.[HH].[HH]. The summed E-state index contributed by atoms with van der Waals surface area (Å²) in [5, 5.41) is 11.5. The Kier molecular flexibility index (Phi) is 14.6. The van der Waals surface area contributed by atoms with Gasteiger partial charge in [-0.2, -0.15) is 9.49 Å². The highest BCUT2D eigenvalue weighted by molar-refractivity contribution is 7.12. The highest BCUT2D eigenvalue weighted by Crippen LogP contribution is 2.35. The molecule has 0 bridgehead atoms. The lowest BCUT2D eigenvalue weighted by Crippen LogP contribution is -2.14. The summed E-state index contributed by atoms with van der Waals surface area (Å²) in [6, 6.07) is 4.76. The lowest BCUT2D eigenvalue weighted by atomic mass is 9.97. The Morgan fingerprint density at radius 1 is 0.831 bits per heavy atom. The fraction of sp³-hybridized carbons (Fsp3) is 0.452. The number of hydrogen-bond acceptors (Lipinski definition) is 11. The molecule has 8 heterocycles. The van der Waals surface area contributed by atoms with Crippen molar-refractivity contribution in [3.63, 3.8) is 0 Å². The molecule has 0 aliphatic carbocycles. The van der Waals surface area contributed by atoms with Crippen molar-refractivity contribution < 1.29 is 40.5 Å². The topological polar surface area (TPSA) is 157 Å². The van der Waals surface area contributed by atoms with Crippen molar-refractivity contribution in [3.05, 3.63) is 81.8 Å². The molecule has 8 rings (SSSR count). The molecule has 0 aromatic carbocycles. The molecule has 59 heavy (non-hydrogen) atoms. The molecule has 320 valence electrons. The molecule has 0 unspecified atom stereocenters. The molecular formula is C42H57FN8O7S. The molecule has 2 aliphatic rings. The van der Waals surface area contributed by atoms with Crippen LogP contribution in [0.15, 0.2) is 48.4 Å². The Balaban J connectivity index is 0.000000250. The van der Waals surface area contributed by atoms with Crippen LogP contribution in [0.5, 0.6) is 17.2 Å². The zero-order valence-electron chi connectivity index (χ0n) is 34.7. The van der Waals surface area contributed by atoms with Crippen LogP contribution < -0.4 is 24.8 Å². The van der Waals surface area contributed by atoms with Crippen molar-refractivity contribution in [2.24, 2.45) is 7.05 Å². The molecule has 15 nitrogen and oxygen atoms in total. The minimum Gasteiger partial charge on any atom is -0.495 e. The number of halogens is 1. The second kappa shape index (κ2) is 20.0. The number of carbonyl (C=O) groups excluding carboxylic acids is 2. The number of pyridine rings is 2. The van der Waals surface area contributed by atoms with Gasteiger partial charge in [-0.25, -0.2) is 14.6 Å². The number of aromatic nitrogens is 6. The predicted octanol–water partition coefficient (Wildman–Crippen LogP) is 8.53. The maximum Gasteiger partial charge on any atom is 0.276 e. The van der Waals surface area contributed by atoms with Gasteiger partial charge in [0.05, 0.1) is 31.7 Å². The first kappa shape index (κ1) is 43.1. The van der Waals surface area contributed by atoms with E-state index in [1.165, 1.54) is 18.4 Å². The van der Waals surface area contributed by atoms with Gasteiger partial charge in [-0.05, 0) is 51.8 Å². The van der Waals surface area contributed by atoms with Gasteiger partial charge < -0.3 is 43.1 Å². The van der Waals surface area contributed by atoms with Crippen LogP contribution >= 0.6 is 11.3 Å². The third-order valence-corrected chi connectivity index (χ3v) is 11.0. The van der Waals surface area contributed by atoms with Crippen LogP contribution in [0, 0.1) is 12.9 Å². The second-order valence-electron chi connectivity index (χ2n) is 13.8. The Bertz CT molecular complexity index is 2350. The van der Waals surface area contributed by atoms with Gasteiger partial charge in [-0.3, -0.25) is 9.59 Å². The van der Waals surface area contributed by atoms with E-state index in [-0.39, 0.29) is 14.5 Å². The van der Waals surface area contributed by atoms with Crippen molar-refractivity contribution >= 4 is 45.8 Å². The van der Waals surface area contributed by atoms with Gasteiger partial charge >= 0.3 is 0 Å². The van der Waals surface area contributed by atoms with E-state index in [1.807, 2.05) is 73.5 Å². The number of hydrogen-bond donors (Lipinski definition) is 2. The minimum atomic E-state index is -0.582. The van der Waals surface area contributed by atoms with Crippen molar-refractivity contribution in [3.8, 4) is 17.2 Å². The summed E-state index contributed by atoms with van der Waals surface area (Å²) >= 11 is 1.36. The first-order valence-electron chi connectivity index (χ1n) is 20.1. The van der Waals surface area contributed by atoms with E-state index in [9.17, 15) is 14.0 Å².